The van der Waals surface area contributed by atoms with Gasteiger partial charge in [0.05, 0.1) is 12.7 Å². The molecule has 168 valence electrons. The molecule has 1 unspecified atom stereocenters. The van der Waals surface area contributed by atoms with Gasteiger partial charge in [-0.1, -0.05) is 79.8 Å². The fourth-order valence-electron chi connectivity index (χ4n) is 2.18. The second-order valence-corrected chi connectivity index (χ2v) is 6.68. The highest BCUT2D eigenvalue weighted by molar-refractivity contribution is 5.69. The van der Waals surface area contributed by atoms with Gasteiger partial charge in [0.2, 0.25) is 0 Å². The van der Waals surface area contributed by atoms with Gasteiger partial charge in [-0.3, -0.25) is 4.79 Å². The minimum atomic E-state index is -1.01. The zero-order valence-electron chi connectivity index (χ0n) is 18.1. The highest BCUT2D eigenvalue weighted by Crippen LogP contribution is 1.99. The first-order chi connectivity index (χ1) is 14.6. The van der Waals surface area contributed by atoms with Crippen molar-refractivity contribution >= 4 is 5.97 Å². The van der Waals surface area contributed by atoms with Gasteiger partial charge in [-0.25, -0.2) is 0 Å². The summed E-state index contributed by atoms with van der Waals surface area (Å²) in [5.41, 5.74) is 0. The largest absolute Gasteiger partial charge is 0.463 e. The highest BCUT2D eigenvalue weighted by atomic mass is 16.5. The molecular formula is C25H38O5. The fourth-order valence-corrected chi connectivity index (χ4v) is 2.18. The molecule has 0 aliphatic rings. The summed E-state index contributed by atoms with van der Waals surface area (Å²) in [6, 6.07) is 0. The number of hydrogen-bond acceptors (Lipinski definition) is 5. The number of hydrogen-bond donors (Lipinski definition) is 3. The van der Waals surface area contributed by atoms with E-state index in [1.165, 1.54) is 0 Å². The Hall–Kier alpha value is -2.21. The summed E-state index contributed by atoms with van der Waals surface area (Å²) in [5.74, 6) is -0.377. The Balaban J connectivity index is 3.69. The number of esters is 1. The quantitative estimate of drug-likeness (QED) is 0.186. The normalized spacial score (nSPS) is 14.9. The number of ether oxygens (including phenoxy) is 1. The predicted octanol–water partition coefficient (Wildman–Crippen LogP) is 4.33. The average molecular weight is 419 g/mol. The van der Waals surface area contributed by atoms with Crippen LogP contribution in [-0.4, -0.2) is 46.7 Å². The van der Waals surface area contributed by atoms with Crippen molar-refractivity contribution in [3.8, 4) is 0 Å². The fraction of sp³-hybridized carbons (Fsp3) is 0.480. The van der Waals surface area contributed by atoms with Crippen molar-refractivity contribution in [2.24, 2.45) is 0 Å². The summed E-state index contributed by atoms with van der Waals surface area (Å²) < 4.78 is 4.81. The molecule has 0 fully saturated rings. The van der Waals surface area contributed by atoms with Crippen molar-refractivity contribution in [2.45, 2.75) is 64.1 Å². The molecule has 5 nitrogen and oxygen atoms in total. The van der Waals surface area contributed by atoms with Crippen molar-refractivity contribution in [2.75, 3.05) is 13.2 Å². The van der Waals surface area contributed by atoms with E-state index in [-0.39, 0.29) is 19.0 Å². The van der Waals surface area contributed by atoms with Gasteiger partial charge in [0, 0.05) is 6.42 Å². The molecule has 0 aliphatic heterocycles. The minimum absolute atomic E-state index is 0.165. The van der Waals surface area contributed by atoms with Crippen LogP contribution in [0.3, 0.4) is 0 Å². The van der Waals surface area contributed by atoms with E-state index in [4.69, 9.17) is 14.9 Å². The lowest BCUT2D eigenvalue weighted by Gasteiger charge is -2.07. The molecule has 2 atom stereocenters. The second kappa shape index (κ2) is 21.5. The molecule has 0 aromatic carbocycles. The molecule has 3 N–H and O–H groups in total. The number of aliphatic hydroxyl groups is 3. The molecule has 0 aromatic rings. The van der Waals surface area contributed by atoms with E-state index in [2.05, 4.69) is 37.3 Å². The molecule has 5 heteroatoms. The van der Waals surface area contributed by atoms with Crippen molar-refractivity contribution in [1.29, 1.82) is 0 Å². The molecule has 0 saturated carbocycles. The standard InChI is InChI=1S/C25H38O5/c1-2-3-15-18-23(27)19-16-13-11-9-7-5-4-6-8-10-12-14-17-20-25(29)30-22-24(28)21-26/h3,5-8,11-16,19,23-24,26-28H,2,4,9-10,17-18,20-22H2,1H3/b7-5-,8-6-,13-11+,14-12-,15-3-,19-16+/t23?,24-/m0/s1. The molecule has 0 bridgehead atoms. The first-order valence-corrected chi connectivity index (χ1v) is 10.7. The van der Waals surface area contributed by atoms with E-state index in [1.807, 2.05) is 36.5 Å². The Kier molecular flexibility index (Phi) is 19.9. The molecule has 0 spiro atoms. The number of carbonyl (C=O) groups is 1. The maximum absolute atomic E-state index is 11.4. The average Bonchev–Trinajstić information content (AvgIpc) is 2.74. The Labute approximate surface area is 181 Å². The zero-order valence-corrected chi connectivity index (χ0v) is 18.1. The first kappa shape index (κ1) is 27.8. The van der Waals surface area contributed by atoms with Crippen LogP contribution in [0.25, 0.3) is 0 Å². The van der Waals surface area contributed by atoms with E-state index in [0.29, 0.717) is 12.8 Å². The van der Waals surface area contributed by atoms with Gasteiger partial charge in [-0.05, 0) is 38.5 Å². The monoisotopic (exact) mass is 418 g/mol. The summed E-state index contributed by atoms with van der Waals surface area (Å²) in [6.45, 7) is 1.50. The number of carbonyl (C=O) groups excluding carboxylic acids is 1. The maximum atomic E-state index is 11.4. The van der Waals surface area contributed by atoms with E-state index in [1.54, 1.807) is 6.08 Å². The molecule has 0 rings (SSSR count). The Morgan fingerprint density at radius 2 is 1.50 bits per heavy atom. The summed E-state index contributed by atoms with van der Waals surface area (Å²) in [7, 11) is 0. The van der Waals surface area contributed by atoms with Crippen molar-refractivity contribution in [3.63, 3.8) is 0 Å². The van der Waals surface area contributed by atoms with Gasteiger partial charge in [-0.15, -0.1) is 0 Å². The number of aliphatic hydroxyl groups excluding tert-OH is 3. The molecular weight excluding hydrogens is 380 g/mol. The molecule has 0 radical (unpaired) electrons. The summed E-state index contributed by atoms with van der Waals surface area (Å²) >= 11 is 0. The second-order valence-electron chi connectivity index (χ2n) is 6.68. The van der Waals surface area contributed by atoms with Gasteiger partial charge in [-0.2, -0.15) is 0 Å². The summed E-state index contributed by atoms with van der Waals surface area (Å²) in [4.78, 5) is 11.4. The van der Waals surface area contributed by atoms with E-state index < -0.39 is 18.8 Å². The highest BCUT2D eigenvalue weighted by Gasteiger charge is 2.06. The molecule has 0 saturated heterocycles. The molecule has 0 amide bonds. The third-order valence-corrected chi connectivity index (χ3v) is 3.84. The Bertz CT molecular complexity index is 584. The summed E-state index contributed by atoms with van der Waals surface area (Å²) in [6.07, 6.45) is 27.6. The lowest BCUT2D eigenvalue weighted by molar-refractivity contribution is -0.147. The third kappa shape index (κ3) is 20.5. The van der Waals surface area contributed by atoms with Crippen LogP contribution in [0, 0.1) is 0 Å². The van der Waals surface area contributed by atoms with Gasteiger partial charge < -0.3 is 20.1 Å². The van der Waals surface area contributed by atoms with Crippen LogP contribution in [-0.2, 0) is 9.53 Å². The number of rotatable bonds is 17. The first-order valence-electron chi connectivity index (χ1n) is 10.7. The van der Waals surface area contributed by atoms with Crippen LogP contribution in [0.1, 0.15) is 51.9 Å². The Morgan fingerprint density at radius 1 is 0.867 bits per heavy atom. The van der Waals surface area contributed by atoms with Crippen LogP contribution in [0.4, 0.5) is 0 Å². The van der Waals surface area contributed by atoms with Crippen LogP contribution in [0.5, 0.6) is 0 Å². The van der Waals surface area contributed by atoms with Crippen LogP contribution < -0.4 is 0 Å². The Morgan fingerprint density at radius 3 is 2.13 bits per heavy atom. The van der Waals surface area contributed by atoms with E-state index >= 15 is 0 Å². The zero-order chi connectivity index (χ0) is 22.3. The van der Waals surface area contributed by atoms with E-state index in [0.717, 1.165) is 25.7 Å². The smallest absolute Gasteiger partial charge is 0.306 e. The predicted molar refractivity (Wildman–Crippen MR) is 123 cm³/mol. The van der Waals surface area contributed by atoms with Crippen molar-refractivity contribution in [1.82, 2.24) is 0 Å². The van der Waals surface area contributed by atoms with Crippen molar-refractivity contribution < 1.29 is 24.9 Å². The van der Waals surface area contributed by atoms with Crippen molar-refractivity contribution in [3.05, 3.63) is 72.9 Å². The van der Waals surface area contributed by atoms with Crippen LogP contribution >= 0.6 is 0 Å². The molecule has 0 aliphatic carbocycles. The molecule has 30 heavy (non-hydrogen) atoms. The lowest BCUT2D eigenvalue weighted by Crippen LogP contribution is -2.21. The minimum Gasteiger partial charge on any atom is -0.463 e. The van der Waals surface area contributed by atoms with Crippen LogP contribution in [0.2, 0.25) is 0 Å². The lowest BCUT2D eigenvalue weighted by atomic mass is 10.2. The molecule has 0 aromatic heterocycles. The van der Waals surface area contributed by atoms with Gasteiger partial charge in [0.25, 0.3) is 0 Å². The van der Waals surface area contributed by atoms with Gasteiger partial charge >= 0.3 is 5.97 Å². The van der Waals surface area contributed by atoms with Gasteiger partial charge in [0.15, 0.2) is 0 Å². The molecule has 0 heterocycles. The van der Waals surface area contributed by atoms with Crippen LogP contribution in [0.15, 0.2) is 72.9 Å². The third-order valence-electron chi connectivity index (χ3n) is 3.84. The number of allylic oxidation sites excluding steroid dienone is 10. The van der Waals surface area contributed by atoms with E-state index in [9.17, 15) is 9.90 Å². The SMILES string of the molecule is CC/C=C\CC(O)/C=C/C=C/C/C=C\C/C=C\C/C=C\CCC(=O)OC[C@@H](O)CO. The topological polar surface area (TPSA) is 87.0 Å². The maximum Gasteiger partial charge on any atom is 0.306 e. The summed E-state index contributed by atoms with van der Waals surface area (Å²) in [5, 5.41) is 27.4. The van der Waals surface area contributed by atoms with Gasteiger partial charge in [0.1, 0.15) is 12.7 Å².